The molecule has 0 aliphatic carbocycles. The molecule has 0 spiro atoms. The van der Waals surface area contributed by atoms with Gasteiger partial charge in [-0.1, -0.05) is 12.1 Å². The van der Waals surface area contributed by atoms with Crippen LogP contribution in [0, 0.1) is 0 Å². The van der Waals surface area contributed by atoms with Crippen LogP contribution in [-0.2, 0) is 16.0 Å². The van der Waals surface area contributed by atoms with E-state index >= 15 is 0 Å². The molecule has 1 aliphatic heterocycles. The molecular weight excluding hydrogens is 252 g/mol. The van der Waals surface area contributed by atoms with Gasteiger partial charge in [-0.3, -0.25) is 0 Å². The smallest absolute Gasteiger partial charge is 0.0605 e. The number of anilines is 1. The normalized spacial score (nSPS) is 16.6. The van der Waals surface area contributed by atoms with Crippen LogP contribution in [0.5, 0.6) is 0 Å². The van der Waals surface area contributed by atoms with Crippen LogP contribution in [-0.4, -0.2) is 46.6 Å². The van der Waals surface area contributed by atoms with Crippen molar-refractivity contribution in [1.82, 2.24) is 5.32 Å². The molecule has 2 rings (SSSR count). The van der Waals surface area contributed by atoms with Crippen LogP contribution in [0.15, 0.2) is 24.3 Å². The summed E-state index contributed by atoms with van der Waals surface area (Å²) < 4.78 is 10.4. The second-order valence-corrected chi connectivity index (χ2v) is 5.26. The summed E-state index contributed by atoms with van der Waals surface area (Å²) >= 11 is 0. The number of benzene rings is 1. The highest BCUT2D eigenvalue weighted by atomic mass is 16.5. The Kier molecular flexibility index (Phi) is 6.30. The van der Waals surface area contributed by atoms with E-state index in [4.69, 9.17) is 9.47 Å². The lowest BCUT2D eigenvalue weighted by Gasteiger charge is -2.33. The van der Waals surface area contributed by atoms with Crippen LogP contribution in [0.3, 0.4) is 0 Å². The number of ether oxygens (including phenoxy) is 2. The number of hydrogen-bond acceptors (Lipinski definition) is 4. The van der Waals surface area contributed by atoms with E-state index < -0.39 is 0 Å². The SMILES string of the molecule is COCCNCc1ccc(N2CCC(OC)CC2)cc1. The van der Waals surface area contributed by atoms with Gasteiger partial charge in [-0.2, -0.15) is 0 Å². The Hall–Kier alpha value is -1.10. The Labute approximate surface area is 122 Å². The Morgan fingerprint density at radius 3 is 2.45 bits per heavy atom. The van der Waals surface area contributed by atoms with E-state index in [-0.39, 0.29) is 0 Å². The molecule has 4 heteroatoms. The first-order valence-electron chi connectivity index (χ1n) is 7.40. The van der Waals surface area contributed by atoms with E-state index in [2.05, 4.69) is 34.5 Å². The van der Waals surface area contributed by atoms with Crippen LogP contribution in [0.25, 0.3) is 0 Å². The third-order valence-electron chi connectivity index (χ3n) is 3.89. The van der Waals surface area contributed by atoms with Gasteiger partial charge in [0, 0.05) is 46.1 Å². The number of piperidine rings is 1. The van der Waals surface area contributed by atoms with Crippen LogP contribution in [0.2, 0.25) is 0 Å². The van der Waals surface area contributed by atoms with E-state index in [1.165, 1.54) is 11.3 Å². The molecule has 0 aromatic heterocycles. The standard InChI is InChI=1S/C16H26N2O2/c1-19-12-9-17-13-14-3-5-15(6-4-14)18-10-7-16(20-2)8-11-18/h3-6,16-17H,7-13H2,1-2H3. The van der Waals surface area contributed by atoms with Crippen molar-refractivity contribution >= 4 is 5.69 Å². The third kappa shape index (κ3) is 4.47. The lowest BCUT2D eigenvalue weighted by molar-refractivity contribution is 0.0819. The molecular formula is C16H26N2O2. The van der Waals surface area contributed by atoms with E-state index in [1.54, 1.807) is 7.11 Å². The van der Waals surface area contributed by atoms with Crippen LogP contribution in [0.4, 0.5) is 5.69 Å². The van der Waals surface area contributed by atoms with Gasteiger partial charge in [0.05, 0.1) is 12.7 Å². The molecule has 0 atom stereocenters. The fourth-order valence-corrected chi connectivity index (χ4v) is 2.58. The summed E-state index contributed by atoms with van der Waals surface area (Å²) in [5.74, 6) is 0. The van der Waals surface area contributed by atoms with Gasteiger partial charge in [-0.05, 0) is 30.5 Å². The molecule has 0 bridgehead atoms. The minimum Gasteiger partial charge on any atom is -0.383 e. The zero-order valence-electron chi connectivity index (χ0n) is 12.6. The molecule has 0 radical (unpaired) electrons. The second-order valence-electron chi connectivity index (χ2n) is 5.26. The molecule has 0 unspecified atom stereocenters. The highest BCUT2D eigenvalue weighted by molar-refractivity contribution is 5.48. The maximum absolute atomic E-state index is 5.41. The maximum Gasteiger partial charge on any atom is 0.0605 e. The largest absolute Gasteiger partial charge is 0.383 e. The summed E-state index contributed by atoms with van der Waals surface area (Å²) in [7, 11) is 3.54. The second kappa shape index (κ2) is 8.25. The molecule has 0 saturated carbocycles. The van der Waals surface area contributed by atoms with Crippen molar-refractivity contribution < 1.29 is 9.47 Å². The minimum absolute atomic E-state index is 0.440. The molecule has 0 amide bonds. The Bertz CT molecular complexity index is 373. The van der Waals surface area contributed by atoms with Crippen molar-refractivity contribution in [2.45, 2.75) is 25.5 Å². The highest BCUT2D eigenvalue weighted by Crippen LogP contribution is 2.21. The van der Waals surface area contributed by atoms with Gasteiger partial charge in [0.15, 0.2) is 0 Å². The average molecular weight is 278 g/mol. The molecule has 1 aromatic rings. The maximum atomic E-state index is 5.41. The molecule has 1 aliphatic rings. The van der Waals surface area contributed by atoms with Crippen molar-refractivity contribution in [1.29, 1.82) is 0 Å². The van der Waals surface area contributed by atoms with E-state index in [9.17, 15) is 0 Å². The summed E-state index contributed by atoms with van der Waals surface area (Å²) in [6.07, 6.45) is 2.68. The third-order valence-corrected chi connectivity index (χ3v) is 3.89. The average Bonchev–Trinajstić information content (AvgIpc) is 2.52. The number of rotatable bonds is 7. The van der Waals surface area contributed by atoms with Gasteiger partial charge in [0.1, 0.15) is 0 Å². The highest BCUT2D eigenvalue weighted by Gasteiger charge is 2.18. The first-order chi connectivity index (χ1) is 9.83. The van der Waals surface area contributed by atoms with Crippen molar-refractivity contribution in [3.8, 4) is 0 Å². The molecule has 1 aromatic carbocycles. The lowest BCUT2D eigenvalue weighted by atomic mass is 10.1. The zero-order valence-corrected chi connectivity index (χ0v) is 12.6. The van der Waals surface area contributed by atoms with Crippen LogP contribution in [0.1, 0.15) is 18.4 Å². The summed E-state index contributed by atoms with van der Waals surface area (Å²) in [5, 5.41) is 3.36. The molecule has 112 valence electrons. The van der Waals surface area contributed by atoms with Crippen molar-refractivity contribution in [2.24, 2.45) is 0 Å². The topological polar surface area (TPSA) is 33.7 Å². The van der Waals surface area contributed by atoms with Gasteiger partial charge in [-0.15, -0.1) is 0 Å². The van der Waals surface area contributed by atoms with Crippen LogP contribution >= 0.6 is 0 Å². The molecule has 4 nitrogen and oxygen atoms in total. The molecule has 1 fully saturated rings. The summed E-state index contributed by atoms with van der Waals surface area (Å²) in [6, 6.07) is 8.86. The fourth-order valence-electron chi connectivity index (χ4n) is 2.58. The van der Waals surface area contributed by atoms with Gasteiger partial charge in [0.25, 0.3) is 0 Å². The summed E-state index contributed by atoms with van der Waals surface area (Å²) in [5.41, 5.74) is 2.64. The molecule has 1 N–H and O–H groups in total. The quantitative estimate of drug-likeness (QED) is 0.774. The van der Waals surface area contributed by atoms with Crippen molar-refractivity contribution in [3.05, 3.63) is 29.8 Å². The lowest BCUT2D eigenvalue weighted by Crippen LogP contribution is -2.36. The van der Waals surface area contributed by atoms with E-state index in [0.717, 1.165) is 45.6 Å². The Morgan fingerprint density at radius 2 is 1.85 bits per heavy atom. The minimum atomic E-state index is 0.440. The predicted molar refractivity (Wildman–Crippen MR) is 82.3 cm³/mol. The first-order valence-corrected chi connectivity index (χ1v) is 7.40. The van der Waals surface area contributed by atoms with Gasteiger partial charge in [0.2, 0.25) is 0 Å². The van der Waals surface area contributed by atoms with E-state index in [1.807, 2.05) is 7.11 Å². The van der Waals surface area contributed by atoms with Gasteiger partial charge in [-0.25, -0.2) is 0 Å². The zero-order chi connectivity index (χ0) is 14.2. The number of nitrogens with one attached hydrogen (secondary N) is 1. The van der Waals surface area contributed by atoms with Gasteiger partial charge >= 0.3 is 0 Å². The summed E-state index contributed by atoms with van der Waals surface area (Å²) in [4.78, 5) is 2.44. The number of hydrogen-bond donors (Lipinski definition) is 1. The van der Waals surface area contributed by atoms with Crippen molar-refractivity contribution in [2.75, 3.05) is 45.4 Å². The summed E-state index contributed by atoms with van der Waals surface area (Å²) in [6.45, 7) is 4.72. The monoisotopic (exact) mass is 278 g/mol. The predicted octanol–water partition coefficient (Wildman–Crippen LogP) is 2.04. The molecule has 1 heterocycles. The Morgan fingerprint density at radius 1 is 1.15 bits per heavy atom. The van der Waals surface area contributed by atoms with E-state index in [0.29, 0.717) is 6.10 Å². The number of nitrogens with zero attached hydrogens (tertiary/aromatic N) is 1. The van der Waals surface area contributed by atoms with Gasteiger partial charge < -0.3 is 19.7 Å². The molecule has 1 saturated heterocycles. The first kappa shape index (κ1) is 15.3. The van der Waals surface area contributed by atoms with Crippen LogP contribution < -0.4 is 10.2 Å². The molecule has 20 heavy (non-hydrogen) atoms. The Balaban J connectivity index is 1.79. The number of methoxy groups -OCH3 is 2. The van der Waals surface area contributed by atoms with Crippen molar-refractivity contribution in [3.63, 3.8) is 0 Å². The fraction of sp³-hybridized carbons (Fsp3) is 0.625.